The van der Waals surface area contributed by atoms with Gasteiger partial charge in [-0.15, -0.1) is 0 Å². The summed E-state index contributed by atoms with van der Waals surface area (Å²) in [6.07, 6.45) is 5.35. The molecule has 1 aromatic heterocycles. The third-order valence-corrected chi connectivity index (χ3v) is 7.11. The number of ketones is 2. The summed E-state index contributed by atoms with van der Waals surface area (Å²) in [6.45, 7) is 11.0. The molecular formula is C27H31NO3. The number of Topliss-reactive ketones (excluding diaryl/α,β-unsaturated/α-hetero) is 1. The molecule has 1 N–H and O–H groups in total. The van der Waals surface area contributed by atoms with E-state index in [1.54, 1.807) is 12.1 Å². The lowest BCUT2D eigenvalue weighted by atomic mass is 9.62. The largest absolute Gasteiger partial charge is 0.512 e. The SMILES string of the molecule is Cc1cc2c(cc1C(=O)c1ccc(C3=C(O)CCCC3=O)cn1)C(C)(C)CCC2(C)C. The smallest absolute Gasteiger partial charge is 0.211 e. The quantitative estimate of drug-likeness (QED) is 0.623. The molecule has 1 aromatic carbocycles. The van der Waals surface area contributed by atoms with Crippen LogP contribution in [0.3, 0.4) is 0 Å². The number of aliphatic hydroxyl groups excluding tert-OH is 1. The van der Waals surface area contributed by atoms with Gasteiger partial charge in [-0.05, 0) is 65.8 Å². The van der Waals surface area contributed by atoms with Crippen LogP contribution in [0.15, 0.2) is 36.2 Å². The molecular weight excluding hydrogens is 386 g/mol. The Hall–Kier alpha value is -2.75. The number of benzene rings is 1. The van der Waals surface area contributed by atoms with E-state index in [-0.39, 0.29) is 28.2 Å². The lowest BCUT2D eigenvalue weighted by Gasteiger charge is -2.42. The predicted molar refractivity (Wildman–Crippen MR) is 123 cm³/mol. The molecule has 4 heteroatoms. The second-order valence-corrected chi connectivity index (χ2v) is 10.3. The van der Waals surface area contributed by atoms with Crippen LogP contribution >= 0.6 is 0 Å². The summed E-state index contributed by atoms with van der Waals surface area (Å²) in [5.74, 6) is -0.0632. The number of carbonyl (C=O) groups excluding carboxylic acids is 2. The van der Waals surface area contributed by atoms with Crippen molar-refractivity contribution >= 4 is 17.1 Å². The molecule has 0 fully saturated rings. The number of pyridine rings is 1. The molecule has 1 heterocycles. The summed E-state index contributed by atoms with van der Waals surface area (Å²) in [7, 11) is 0. The molecule has 4 rings (SSSR count). The number of fused-ring (bicyclic) bond motifs is 1. The Kier molecular flexibility index (Phi) is 5.15. The van der Waals surface area contributed by atoms with Crippen LogP contribution in [-0.2, 0) is 15.6 Å². The van der Waals surface area contributed by atoms with Gasteiger partial charge in [0.15, 0.2) is 5.78 Å². The Morgan fingerprint density at radius 1 is 1.00 bits per heavy atom. The molecule has 0 bridgehead atoms. The Labute approximate surface area is 184 Å². The third-order valence-electron chi connectivity index (χ3n) is 7.11. The van der Waals surface area contributed by atoms with E-state index in [1.807, 2.05) is 6.92 Å². The summed E-state index contributed by atoms with van der Waals surface area (Å²) in [6, 6.07) is 7.63. The summed E-state index contributed by atoms with van der Waals surface area (Å²) >= 11 is 0. The molecule has 0 atom stereocenters. The maximum atomic E-state index is 13.4. The lowest BCUT2D eigenvalue weighted by molar-refractivity contribution is -0.114. The highest BCUT2D eigenvalue weighted by molar-refractivity contribution is 6.22. The predicted octanol–water partition coefficient (Wildman–Crippen LogP) is 5.99. The Morgan fingerprint density at radius 3 is 2.23 bits per heavy atom. The van der Waals surface area contributed by atoms with Crippen LogP contribution in [0, 0.1) is 6.92 Å². The molecule has 0 saturated carbocycles. The first-order valence-electron chi connectivity index (χ1n) is 11.1. The fraction of sp³-hybridized carbons (Fsp3) is 0.444. The fourth-order valence-corrected chi connectivity index (χ4v) is 4.94. The zero-order valence-electron chi connectivity index (χ0n) is 19.1. The van der Waals surface area contributed by atoms with Crippen LogP contribution in [0.25, 0.3) is 5.57 Å². The van der Waals surface area contributed by atoms with Crippen molar-refractivity contribution in [2.24, 2.45) is 0 Å². The van der Waals surface area contributed by atoms with Crippen molar-refractivity contribution in [3.05, 3.63) is 69.7 Å². The highest BCUT2D eigenvalue weighted by atomic mass is 16.3. The molecule has 2 aromatic rings. The molecule has 4 nitrogen and oxygen atoms in total. The molecule has 162 valence electrons. The number of nitrogens with zero attached hydrogens (tertiary/aromatic N) is 1. The average Bonchev–Trinajstić information content (AvgIpc) is 2.71. The van der Waals surface area contributed by atoms with Crippen molar-refractivity contribution in [1.29, 1.82) is 0 Å². The van der Waals surface area contributed by atoms with Crippen molar-refractivity contribution in [1.82, 2.24) is 4.98 Å². The van der Waals surface area contributed by atoms with E-state index < -0.39 is 0 Å². The molecule has 0 spiro atoms. The van der Waals surface area contributed by atoms with Gasteiger partial charge in [-0.25, -0.2) is 0 Å². The minimum atomic E-state index is -0.112. The van der Waals surface area contributed by atoms with Crippen molar-refractivity contribution < 1.29 is 14.7 Å². The van der Waals surface area contributed by atoms with Gasteiger partial charge in [-0.1, -0.05) is 39.8 Å². The van der Waals surface area contributed by atoms with Crippen LogP contribution in [0.2, 0.25) is 0 Å². The van der Waals surface area contributed by atoms with Gasteiger partial charge in [-0.2, -0.15) is 0 Å². The molecule has 31 heavy (non-hydrogen) atoms. The maximum absolute atomic E-state index is 13.4. The molecule has 0 unspecified atom stereocenters. The first kappa shape index (κ1) is 21.5. The number of aliphatic hydroxyl groups is 1. The molecule has 2 aliphatic carbocycles. The third kappa shape index (κ3) is 3.73. The molecule has 0 amide bonds. The number of aromatic nitrogens is 1. The van der Waals surface area contributed by atoms with Gasteiger partial charge >= 0.3 is 0 Å². The van der Waals surface area contributed by atoms with Gasteiger partial charge in [0, 0.05) is 30.2 Å². The van der Waals surface area contributed by atoms with Crippen molar-refractivity contribution in [3.63, 3.8) is 0 Å². The number of hydrogen-bond acceptors (Lipinski definition) is 4. The fourth-order valence-electron chi connectivity index (χ4n) is 4.94. The monoisotopic (exact) mass is 417 g/mol. The zero-order chi connectivity index (χ0) is 22.6. The summed E-state index contributed by atoms with van der Waals surface area (Å²) < 4.78 is 0. The van der Waals surface area contributed by atoms with E-state index in [0.29, 0.717) is 41.7 Å². The zero-order valence-corrected chi connectivity index (χ0v) is 19.1. The van der Waals surface area contributed by atoms with E-state index in [4.69, 9.17) is 0 Å². The Balaban J connectivity index is 1.72. The van der Waals surface area contributed by atoms with Crippen LogP contribution in [0.4, 0.5) is 0 Å². The van der Waals surface area contributed by atoms with E-state index >= 15 is 0 Å². The van der Waals surface area contributed by atoms with Gasteiger partial charge in [0.25, 0.3) is 0 Å². The van der Waals surface area contributed by atoms with Gasteiger partial charge in [0.1, 0.15) is 11.5 Å². The summed E-state index contributed by atoms with van der Waals surface area (Å²) in [5.41, 5.74) is 5.61. The van der Waals surface area contributed by atoms with Gasteiger partial charge in [0.05, 0.1) is 5.57 Å². The first-order chi connectivity index (χ1) is 14.5. The number of carbonyl (C=O) groups is 2. The highest BCUT2D eigenvalue weighted by Crippen LogP contribution is 2.46. The number of aryl methyl sites for hydroxylation is 1. The van der Waals surface area contributed by atoms with Gasteiger partial charge in [0.2, 0.25) is 5.78 Å². The van der Waals surface area contributed by atoms with Crippen LogP contribution in [0.1, 0.15) is 98.1 Å². The van der Waals surface area contributed by atoms with E-state index in [2.05, 4.69) is 44.8 Å². The van der Waals surface area contributed by atoms with E-state index in [9.17, 15) is 14.7 Å². The van der Waals surface area contributed by atoms with Crippen molar-refractivity contribution in [2.45, 2.75) is 77.6 Å². The minimum absolute atomic E-state index is 0.0240. The lowest BCUT2D eigenvalue weighted by Crippen LogP contribution is -2.34. The topological polar surface area (TPSA) is 67.3 Å². The number of allylic oxidation sites excluding steroid dienone is 2. The Morgan fingerprint density at radius 2 is 1.65 bits per heavy atom. The molecule has 0 saturated heterocycles. The van der Waals surface area contributed by atoms with E-state index in [1.165, 1.54) is 17.3 Å². The molecule has 0 aliphatic heterocycles. The normalized spacial score (nSPS) is 19.8. The van der Waals surface area contributed by atoms with Crippen molar-refractivity contribution in [3.8, 4) is 0 Å². The van der Waals surface area contributed by atoms with Gasteiger partial charge in [-0.3, -0.25) is 14.6 Å². The van der Waals surface area contributed by atoms with Crippen LogP contribution < -0.4 is 0 Å². The minimum Gasteiger partial charge on any atom is -0.512 e. The number of rotatable bonds is 3. The maximum Gasteiger partial charge on any atom is 0.211 e. The van der Waals surface area contributed by atoms with Crippen LogP contribution in [-0.4, -0.2) is 21.7 Å². The second kappa shape index (κ2) is 7.44. The Bertz CT molecular complexity index is 1100. The number of hydrogen-bond donors (Lipinski definition) is 1. The standard InChI is InChI=1S/C27H31NO3/c1-16-13-19-20(27(4,5)12-11-26(19,2)3)14-18(16)25(31)21-10-9-17(15-28-21)24-22(29)7-6-8-23(24)30/h9-10,13-15,29H,6-8,11-12H2,1-5H3. The van der Waals surface area contributed by atoms with E-state index in [0.717, 1.165) is 18.4 Å². The molecule has 0 radical (unpaired) electrons. The highest BCUT2D eigenvalue weighted by Gasteiger charge is 2.38. The average molecular weight is 418 g/mol. The van der Waals surface area contributed by atoms with Crippen LogP contribution in [0.5, 0.6) is 0 Å². The van der Waals surface area contributed by atoms with Gasteiger partial charge < -0.3 is 5.11 Å². The second-order valence-electron chi connectivity index (χ2n) is 10.3. The summed E-state index contributed by atoms with van der Waals surface area (Å²) in [5, 5.41) is 10.2. The summed E-state index contributed by atoms with van der Waals surface area (Å²) in [4.78, 5) is 29.9. The molecule has 2 aliphatic rings. The van der Waals surface area contributed by atoms with Crippen molar-refractivity contribution in [2.75, 3.05) is 0 Å². The first-order valence-corrected chi connectivity index (χ1v) is 11.1.